The SMILES string of the molecule is C[C@H](O)[C@H](NS(=O)(=O)c1ccc(Cl)cc1)C(=O)OCc1nnc(-c2ccccc2)o1. The second-order valence-electron chi connectivity index (χ2n) is 6.27. The number of benzene rings is 2. The molecular formula is C19H18ClN3O6S. The molecule has 0 spiro atoms. The number of nitrogens with one attached hydrogen (secondary N) is 1. The van der Waals surface area contributed by atoms with E-state index in [0.29, 0.717) is 10.6 Å². The van der Waals surface area contributed by atoms with Crippen LogP contribution in [0.3, 0.4) is 0 Å². The zero-order chi connectivity index (χ0) is 21.7. The lowest BCUT2D eigenvalue weighted by atomic mass is 10.2. The fourth-order valence-corrected chi connectivity index (χ4v) is 3.81. The van der Waals surface area contributed by atoms with Gasteiger partial charge in [0.2, 0.25) is 15.9 Å². The van der Waals surface area contributed by atoms with E-state index in [0.717, 1.165) is 0 Å². The van der Waals surface area contributed by atoms with Crippen LogP contribution < -0.4 is 4.72 Å². The minimum atomic E-state index is -4.10. The van der Waals surface area contributed by atoms with Gasteiger partial charge in [0, 0.05) is 10.6 Å². The molecule has 1 aromatic heterocycles. The maximum absolute atomic E-state index is 12.5. The third-order valence-electron chi connectivity index (χ3n) is 3.97. The van der Waals surface area contributed by atoms with Crippen molar-refractivity contribution in [2.75, 3.05) is 0 Å². The van der Waals surface area contributed by atoms with E-state index in [4.69, 9.17) is 20.8 Å². The maximum Gasteiger partial charge on any atom is 0.327 e. The van der Waals surface area contributed by atoms with E-state index in [1.807, 2.05) is 6.07 Å². The summed E-state index contributed by atoms with van der Waals surface area (Å²) in [5.41, 5.74) is 0.695. The number of sulfonamides is 1. The quantitative estimate of drug-likeness (QED) is 0.498. The van der Waals surface area contributed by atoms with Crippen molar-refractivity contribution in [1.29, 1.82) is 0 Å². The lowest BCUT2D eigenvalue weighted by Gasteiger charge is -2.19. The molecule has 3 aromatic rings. The number of ether oxygens (including phenoxy) is 1. The lowest BCUT2D eigenvalue weighted by Crippen LogP contribution is -2.48. The van der Waals surface area contributed by atoms with E-state index < -0.39 is 28.1 Å². The summed E-state index contributed by atoms with van der Waals surface area (Å²) < 4.78 is 37.6. The van der Waals surface area contributed by atoms with Crippen LogP contribution in [0.1, 0.15) is 12.8 Å². The highest BCUT2D eigenvalue weighted by Crippen LogP contribution is 2.18. The standard InChI is InChI=1S/C19H18ClN3O6S/c1-12(24)17(23-30(26,27)15-9-7-14(20)8-10-15)19(25)28-11-16-21-22-18(29-16)13-5-3-2-4-6-13/h2-10,12,17,23-24H,11H2,1H3/t12-,17-/m0/s1. The van der Waals surface area contributed by atoms with E-state index in [1.165, 1.54) is 31.2 Å². The van der Waals surface area contributed by atoms with Crippen LogP contribution in [-0.2, 0) is 26.2 Å². The number of hydrogen-bond acceptors (Lipinski definition) is 8. The van der Waals surface area contributed by atoms with Gasteiger partial charge < -0.3 is 14.3 Å². The van der Waals surface area contributed by atoms with Crippen LogP contribution in [0.4, 0.5) is 0 Å². The van der Waals surface area contributed by atoms with Gasteiger partial charge in [0.1, 0.15) is 6.04 Å². The monoisotopic (exact) mass is 451 g/mol. The highest BCUT2D eigenvalue weighted by atomic mass is 35.5. The molecule has 0 bridgehead atoms. The summed E-state index contributed by atoms with van der Waals surface area (Å²) in [6, 6.07) is 12.8. The van der Waals surface area contributed by atoms with Crippen LogP contribution in [0.5, 0.6) is 0 Å². The van der Waals surface area contributed by atoms with Crippen molar-refractivity contribution in [3.63, 3.8) is 0 Å². The van der Waals surface area contributed by atoms with Crippen LogP contribution >= 0.6 is 11.6 Å². The van der Waals surface area contributed by atoms with Gasteiger partial charge in [0.25, 0.3) is 5.89 Å². The Balaban J connectivity index is 1.66. The summed E-state index contributed by atoms with van der Waals surface area (Å²) in [7, 11) is -4.10. The Morgan fingerprint density at radius 1 is 1.17 bits per heavy atom. The van der Waals surface area contributed by atoms with E-state index in [2.05, 4.69) is 14.9 Å². The van der Waals surface area contributed by atoms with Crippen LogP contribution in [-0.4, -0.2) is 41.8 Å². The molecule has 2 atom stereocenters. The molecular weight excluding hydrogens is 434 g/mol. The summed E-state index contributed by atoms with van der Waals surface area (Å²) in [6.45, 7) is 0.876. The van der Waals surface area contributed by atoms with Gasteiger partial charge in [-0.05, 0) is 43.3 Å². The molecule has 0 saturated carbocycles. The van der Waals surface area contributed by atoms with Gasteiger partial charge >= 0.3 is 5.97 Å². The predicted molar refractivity (Wildman–Crippen MR) is 107 cm³/mol. The number of aliphatic hydroxyl groups is 1. The third kappa shape index (κ3) is 5.42. The van der Waals surface area contributed by atoms with Crippen molar-refractivity contribution < 1.29 is 27.5 Å². The summed E-state index contributed by atoms with van der Waals surface area (Å²) in [4.78, 5) is 12.3. The third-order valence-corrected chi connectivity index (χ3v) is 5.68. The summed E-state index contributed by atoms with van der Waals surface area (Å²) in [6.07, 6.45) is -1.36. The number of aliphatic hydroxyl groups excluding tert-OH is 1. The van der Waals surface area contributed by atoms with Crippen molar-refractivity contribution in [1.82, 2.24) is 14.9 Å². The maximum atomic E-state index is 12.5. The molecule has 2 aromatic carbocycles. The van der Waals surface area contributed by atoms with Crippen molar-refractivity contribution in [2.45, 2.75) is 30.6 Å². The van der Waals surface area contributed by atoms with Gasteiger partial charge in [0.15, 0.2) is 6.61 Å². The first-order valence-electron chi connectivity index (χ1n) is 8.76. The van der Waals surface area contributed by atoms with Crippen molar-refractivity contribution in [3.8, 4) is 11.5 Å². The van der Waals surface area contributed by atoms with Gasteiger partial charge in [-0.2, -0.15) is 4.72 Å². The largest absolute Gasteiger partial charge is 0.454 e. The molecule has 0 aliphatic heterocycles. The molecule has 0 saturated heterocycles. The van der Waals surface area contributed by atoms with Gasteiger partial charge in [0.05, 0.1) is 11.0 Å². The molecule has 9 nitrogen and oxygen atoms in total. The number of halogens is 1. The number of hydrogen-bond donors (Lipinski definition) is 2. The van der Waals surface area contributed by atoms with Crippen LogP contribution in [0.2, 0.25) is 5.02 Å². The van der Waals surface area contributed by atoms with Crippen molar-refractivity contribution in [2.24, 2.45) is 0 Å². The van der Waals surface area contributed by atoms with Gasteiger partial charge in [-0.3, -0.25) is 4.79 Å². The molecule has 11 heteroatoms. The summed E-state index contributed by atoms with van der Waals surface area (Å²) in [5.74, 6) is -0.730. The number of carbonyl (C=O) groups is 1. The molecule has 0 aliphatic carbocycles. The number of esters is 1. The normalized spacial score (nSPS) is 13.6. The molecule has 0 radical (unpaired) electrons. The van der Waals surface area contributed by atoms with Gasteiger partial charge in [-0.1, -0.05) is 29.8 Å². The highest BCUT2D eigenvalue weighted by molar-refractivity contribution is 7.89. The average Bonchev–Trinajstić information content (AvgIpc) is 3.20. The first-order chi connectivity index (χ1) is 14.3. The minimum absolute atomic E-state index is 0.0205. The molecule has 0 amide bonds. The van der Waals surface area contributed by atoms with E-state index in [-0.39, 0.29) is 23.3 Å². The molecule has 0 unspecified atom stereocenters. The van der Waals surface area contributed by atoms with Crippen LogP contribution in [0.15, 0.2) is 63.9 Å². The number of rotatable bonds is 8. The van der Waals surface area contributed by atoms with Gasteiger partial charge in [-0.15, -0.1) is 10.2 Å². The lowest BCUT2D eigenvalue weighted by molar-refractivity contribution is -0.150. The number of aromatic nitrogens is 2. The van der Waals surface area contributed by atoms with Crippen LogP contribution in [0.25, 0.3) is 11.5 Å². The van der Waals surface area contributed by atoms with E-state index >= 15 is 0 Å². The first-order valence-corrected chi connectivity index (χ1v) is 10.6. The Kier molecular flexibility index (Phi) is 6.83. The van der Waals surface area contributed by atoms with Crippen LogP contribution in [0, 0.1) is 0 Å². The molecule has 30 heavy (non-hydrogen) atoms. The smallest absolute Gasteiger partial charge is 0.327 e. The summed E-state index contributed by atoms with van der Waals surface area (Å²) in [5, 5.41) is 17.9. The molecule has 2 N–H and O–H groups in total. The second kappa shape index (κ2) is 9.35. The summed E-state index contributed by atoms with van der Waals surface area (Å²) >= 11 is 5.76. The predicted octanol–water partition coefficient (Wildman–Crippen LogP) is 2.16. The average molecular weight is 452 g/mol. The minimum Gasteiger partial charge on any atom is -0.454 e. The van der Waals surface area contributed by atoms with E-state index in [1.54, 1.807) is 24.3 Å². The molecule has 0 aliphatic rings. The Bertz CT molecular complexity index is 1100. The second-order valence-corrected chi connectivity index (χ2v) is 8.42. The zero-order valence-corrected chi connectivity index (χ0v) is 17.3. The molecule has 158 valence electrons. The van der Waals surface area contributed by atoms with Crippen molar-refractivity contribution in [3.05, 3.63) is 65.5 Å². The van der Waals surface area contributed by atoms with Crippen molar-refractivity contribution >= 4 is 27.6 Å². The zero-order valence-electron chi connectivity index (χ0n) is 15.7. The Labute approximate surface area is 177 Å². The topological polar surface area (TPSA) is 132 Å². The fraction of sp³-hybridized carbons (Fsp3) is 0.211. The molecule has 0 fully saturated rings. The van der Waals surface area contributed by atoms with E-state index in [9.17, 15) is 18.3 Å². The molecule has 3 rings (SSSR count). The Morgan fingerprint density at radius 3 is 2.47 bits per heavy atom. The van der Waals surface area contributed by atoms with Gasteiger partial charge in [-0.25, -0.2) is 8.42 Å². The Hall–Kier alpha value is -2.79. The fourth-order valence-electron chi connectivity index (χ4n) is 2.42. The number of carbonyl (C=O) groups excluding carboxylic acids is 1. The number of nitrogens with zero attached hydrogens (tertiary/aromatic N) is 2. The highest BCUT2D eigenvalue weighted by Gasteiger charge is 2.31. The molecule has 1 heterocycles. The first kappa shape index (κ1) is 21.9. The Morgan fingerprint density at radius 2 is 1.83 bits per heavy atom.